The number of aryl methyl sites for hydroxylation is 1. The van der Waals surface area contributed by atoms with Crippen LogP contribution >= 0.6 is 0 Å². The summed E-state index contributed by atoms with van der Waals surface area (Å²) in [6, 6.07) is 17.9. The summed E-state index contributed by atoms with van der Waals surface area (Å²) in [6.07, 6.45) is 0. The number of hydrogen-bond donors (Lipinski definition) is 2. The molecule has 0 saturated carbocycles. The predicted octanol–water partition coefficient (Wildman–Crippen LogP) is 2.32. The molecule has 0 atom stereocenters. The monoisotopic (exact) mass is 376 g/mol. The molecule has 130 valence electrons. The van der Waals surface area contributed by atoms with E-state index in [9.17, 15) is 16.8 Å². The van der Waals surface area contributed by atoms with Gasteiger partial charge in [0.15, 0.2) is 0 Å². The molecule has 0 saturated heterocycles. The van der Waals surface area contributed by atoms with Crippen molar-refractivity contribution in [3.63, 3.8) is 0 Å². The lowest BCUT2D eigenvalue weighted by molar-refractivity contribution is 0.558. The van der Waals surface area contributed by atoms with Gasteiger partial charge in [0, 0.05) is 5.39 Å². The summed E-state index contributed by atoms with van der Waals surface area (Å²) >= 11 is 0. The number of rotatable bonds is 5. The molecule has 2 N–H and O–H groups in total. The number of hydrazine groups is 1. The molecule has 3 aromatic rings. The minimum absolute atomic E-state index is 0.00259. The summed E-state index contributed by atoms with van der Waals surface area (Å²) < 4.78 is 49.6. The normalized spacial score (nSPS) is 12.4. The zero-order chi connectivity index (χ0) is 18.1. The Morgan fingerprint density at radius 3 is 2.00 bits per heavy atom. The number of fused-ring (bicyclic) bond motifs is 1. The van der Waals surface area contributed by atoms with Crippen molar-refractivity contribution >= 4 is 30.8 Å². The summed E-state index contributed by atoms with van der Waals surface area (Å²) in [5.74, 6) is 0. The van der Waals surface area contributed by atoms with E-state index in [-0.39, 0.29) is 9.79 Å². The molecule has 0 heterocycles. The highest BCUT2D eigenvalue weighted by molar-refractivity contribution is 7.92. The molecule has 0 bridgehead atoms. The first-order valence-electron chi connectivity index (χ1n) is 7.38. The summed E-state index contributed by atoms with van der Waals surface area (Å²) in [4.78, 5) is 3.86. The lowest BCUT2D eigenvalue weighted by Gasteiger charge is -2.11. The van der Waals surface area contributed by atoms with Crippen molar-refractivity contribution in [3.8, 4) is 0 Å². The maximum absolute atomic E-state index is 12.5. The standard InChI is InChI=1S/C17H16N2O4S2/c1-13-9-11-15(12-10-13)24(20,21)18-19-25(22,23)17-8-4-6-14-5-2-3-7-16(14)17/h2-12,18-19H,1H3. The van der Waals surface area contributed by atoms with Crippen molar-refractivity contribution in [1.82, 2.24) is 9.66 Å². The predicted molar refractivity (Wildman–Crippen MR) is 95.8 cm³/mol. The topological polar surface area (TPSA) is 92.3 Å². The van der Waals surface area contributed by atoms with Crippen LogP contribution in [0, 0.1) is 6.92 Å². The molecule has 3 aromatic carbocycles. The van der Waals surface area contributed by atoms with Gasteiger partial charge in [-0.2, -0.15) is 0 Å². The van der Waals surface area contributed by atoms with Gasteiger partial charge in [-0.15, -0.1) is 9.66 Å². The summed E-state index contributed by atoms with van der Waals surface area (Å²) in [5.41, 5.74) is 0.898. The van der Waals surface area contributed by atoms with E-state index in [0.717, 1.165) is 10.9 Å². The molecule has 0 amide bonds. The average Bonchev–Trinajstić information content (AvgIpc) is 2.60. The third-order valence-corrected chi connectivity index (χ3v) is 6.38. The molecular formula is C17H16N2O4S2. The van der Waals surface area contributed by atoms with Crippen LogP contribution < -0.4 is 9.66 Å². The molecular weight excluding hydrogens is 360 g/mol. The molecule has 0 aliphatic heterocycles. The van der Waals surface area contributed by atoms with Crippen LogP contribution in [0.5, 0.6) is 0 Å². The van der Waals surface area contributed by atoms with Gasteiger partial charge in [-0.05, 0) is 30.5 Å². The lowest BCUT2D eigenvalue weighted by Crippen LogP contribution is -2.41. The van der Waals surface area contributed by atoms with E-state index in [4.69, 9.17) is 0 Å². The zero-order valence-corrected chi connectivity index (χ0v) is 14.9. The second-order valence-electron chi connectivity index (χ2n) is 5.50. The van der Waals surface area contributed by atoms with Gasteiger partial charge in [0.1, 0.15) is 0 Å². The summed E-state index contributed by atoms with van der Waals surface area (Å²) in [7, 11) is -8.09. The number of nitrogens with one attached hydrogen (secondary N) is 2. The summed E-state index contributed by atoms with van der Waals surface area (Å²) in [5, 5.41) is 1.25. The fourth-order valence-corrected chi connectivity index (χ4v) is 4.70. The van der Waals surface area contributed by atoms with Gasteiger partial charge >= 0.3 is 0 Å². The van der Waals surface area contributed by atoms with Crippen LogP contribution in [0.2, 0.25) is 0 Å². The quantitative estimate of drug-likeness (QED) is 0.669. The third kappa shape index (κ3) is 3.72. The van der Waals surface area contributed by atoms with Crippen LogP contribution in [0.25, 0.3) is 10.8 Å². The molecule has 0 radical (unpaired) electrons. The largest absolute Gasteiger partial charge is 0.254 e. The van der Waals surface area contributed by atoms with Gasteiger partial charge in [0.05, 0.1) is 9.79 Å². The molecule has 25 heavy (non-hydrogen) atoms. The van der Waals surface area contributed by atoms with Crippen LogP contribution in [0.4, 0.5) is 0 Å². The fraction of sp³-hybridized carbons (Fsp3) is 0.0588. The SMILES string of the molecule is Cc1ccc(S(=O)(=O)NNS(=O)(=O)c2cccc3ccccc23)cc1. The van der Waals surface area contributed by atoms with E-state index in [0.29, 0.717) is 5.39 Å². The van der Waals surface area contributed by atoms with Crippen molar-refractivity contribution in [3.05, 3.63) is 72.3 Å². The molecule has 8 heteroatoms. The van der Waals surface area contributed by atoms with Crippen molar-refractivity contribution in [2.45, 2.75) is 16.7 Å². The Balaban J connectivity index is 1.90. The minimum atomic E-state index is -4.08. The van der Waals surface area contributed by atoms with Crippen LogP contribution in [0.1, 0.15) is 5.56 Å². The Hall–Kier alpha value is -2.26. The maximum atomic E-state index is 12.5. The Bertz CT molecular complexity index is 1120. The van der Waals surface area contributed by atoms with Gasteiger partial charge in [-0.3, -0.25) is 0 Å². The Kier molecular flexibility index (Phi) is 4.61. The first-order valence-corrected chi connectivity index (χ1v) is 10.3. The highest BCUT2D eigenvalue weighted by Crippen LogP contribution is 2.22. The minimum Gasteiger partial charge on any atom is -0.206 e. The molecule has 0 unspecified atom stereocenters. The van der Waals surface area contributed by atoms with E-state index in [2.05, 4.69) is 0 Å². The molecule has 0 spiro atoms. The zero-order valence-electron chi connectivity index (χ0n) is 13.3. The Labute approximate surface area is 146 Å². The van der Waals surface area contributed by atoms with Crippen LogP contribution in [-0.2, 0) is 20.0 Å². The molecule has 6 nitrogen and oxygen atoms in total. The van der Waals surface area contributed by atoms with E-state index < -0.39 is 20.0 Å². The molecule has 3 rings (SSSR count). The second kappa shape index (κ2) is 6.57. The fourth-order valence-electron chi connectivity index (χ4n) is 2.37. The van der Waals surface area contributed by atoms with Crippen LogP contribution in [0.15, 0.2) is 76.5 Å². The lowest BCUT2D eigenvalue weighted by atomic mass is 10.1. The summed E-state index contributed by atoms with van der Waals surface area (Å²) in [6.45, 7) is 1.83. The molecule has 0 aromatic heterocycles. The first-order chi connectivity index (χ1) is 11.8. The Morgan fingerprint density at radius 1 is 0.680 bits per heavy atom. The van der Waals surface area contributed by atoms with Crippen LogP contribution in [0.3, 0.4) is 0 Å². The van der Waals surface area contributed by atoms with Crippen molar-refractivity contribution in [1.29, 1.82) is 0 Å². The molecule has 0 aliphatic rings. The van der Waals surface area contributed by atoms with Gasteiger partial charge in [-0.25, -0.2) is 16.8 Å². The smallest absolute Gasteiger partial charge is 0.206 e. The van der Waals surface area contributed by atoms with E-state index in [1.54, 1.807) is 48.5 Å². The van der Waals surface area contributed by atoms with Gasteiger partial charge < -0.3 is 0 Å². The van der Waals surface area contributed by atoms with E-state index in [1.165, 1.54) is 18.2 Å². The molecule has 0 fully saturated rings. The second-order valence-corrected chi connectivity index (χ2v) is 8.83. The van der Waals surface area contributed by atoms with Gasteiger partial charge in [-0.1, -0.05) is 54.1 Å². The van der Waals surface area contributed by atoms with E-state index >= 15 is 0 Å². The van der Waals surface area contributed by atoms with Crippen LogP contribution in [-0.4, -0.2) is 16.8 Å². The highest BCUT2D eigenvalue weighted by atomic mass is 32.2. The Morgan fingerprint density at radius 2 is 1.28 bits per heavy atom. The number of benzene rings is 3. The van der Waals surface area contributed by atoms with Crippen molar-refractivity contribution in [2.75, 3.05) is 0 Å². The third-order valence-electron chi connectivity index (χ3n) is 3.68. The van der Waals surface area contributed by atoms with Gasteiger partial charge in [0.25, 0.3) is 20.0 Å². The van der Waals surface area contributed by atoms with Gasteiger partial charge in [0.2, 0.25) is 0 Å². The maximum Gasteiger partial charge on any atom is 0.254 e. The van der Waals surface area contributed by atoms with Crippen molar-refractivity contribution in [2.24, 2.45) is 0 Å². The number of hydrogen-bond acceptors (Lipinski definition) is 4. The van der Waals surface area contributed by atoms with Crippen molar-refractivity contribution < 1.29 is 16.8 Å². The molecule has 0 aliphatic carbocycles. The average molecular weight is 376 g/mol. The number of sulfonamides is 2. The van der Waals surface area contributed by atoms with E-state index in [1.807, 2.05) is 16.6 Å². The first kappa shape index (κ1) is 17.6. The highest BCUT2D eigenvalue weighted by Gasteiger charge is 2.21.